The number of nitrogens with one attached hydrogen (secondary N) is 1. The van der Waals surface area contributed by atoms with Gasteiger partial charge in [-0.2, -0.15) is 5.11 Å². The van der Waals surface area contributed by atoms with Gasteiger partial charge in [0, 0.05) is 6.54 Å². The van der Waals surface area contributed by atoms with Crippen LogP contribution in [0.2, 0.25) is 0 Å². The molecule has 0 unspecified atom stereocenters. The highest BCUT2D eigenvalue weighted by Crippen LogP contribution is 1.96. The highest BCUT2D eigenvalue weighted by atomic mass is 15.4. The Bertz CT molecular complexity index is 69.7. The molecule has 0 aliphatic carbocycles. The minimum Gasteiger partial charge on any atom is -0.292 e. The summed E-state index contributed by atoms with van der Waals surface area (Å²) in [6, 6.07) is 0. The van der Waals surface area contributed by atoms with Gasteiger partial charge in [-0.3, -0.25) is 5.43 Å². The van der Waals surface area contributed by atoms with Crippen LogP contribution in [0, 0.1) is 0 Å². The van der Waals surface area contributed by atoms with Crippen LogP contribution in [0.3, 0.4) is 0 Å². The lowest BCUT2D eigenvalue weighted by atomic mass is 10.2. The molecule has 1 heterocycles. The fraction of sp³-hybridized carbons (Fsp3) is 1.00. The van der Waals surface area contributed by atoms with Crippen LogP contribution < -0.4 is 5.43 Å². The van der Waals surface area contributed by atoms with Crippen molar-refractivity contribution in [3.05, 3.63) is 0 Å². The smallest absolute Gasteiger partial charge is 0.0620 e. The summed E-state index contributed by atoms with van der Waals surface area (Å²) in [5.74, 6) is 0. The monoisotopic (exact) mass is 113 g/mol. The molecular formula is C5H11N3. The molecule has 3 heteroatoms. The Kier molecular flexibility index (Phi) is 2.36. The molecule has 3 nitrogen and oxygen atoms in total. The molecule has 1 rings (SSSR count). The first-order valence-corrected chi connectivity index (χ1v) is 3.09. The molecule has 0 radical (unpaired) electrons. The lowest BCUT2D eigenvalue weighted by molar-refractivity contribution is 0.558. The summed E-state index contributed by atoms with van der Waals surface area (Å²) in [5, 5.41) is 7.55. The Morgan fingerprint density at radius 3 is 3.12 bits per heavy atom. The number of rotatable bonds is 0. The molecule has 0 aromatic heterocycles. The summed E-state index contributed by atoms with van der Waals surface area (Å²) in [4.78, 5) is 0. The number of nitrogens with zero attached hydrogens (tertiary/aromatic N) is 2. The largest absolute Gasteiger partial charge is 0.292 e. The second-order valence-electron chi connectivity index (χ2n) is 1.93. The van der Waals surface area contributed by atoms with E-state index in [1.807, 2.05) is 0 Å². The molecule has 0 bridgehead atoms. The van der Waals surface area contributed by atoms with Gasteiger partial charge in [-0.05, 0) is 19.3 Å². The van der Waals surface area contributed by atoms with Crippen LogP contribution in [0.25, 0.3) is 0 Å². The van der Waals surface area contributed by atoms with Crippen molar-refractivity contribution in [3.63, 3.8) is 0 Å². The van der Waals surface area contributed by atoms with Crippen molar-refractivity contribution in [2.24, 2.45) is 10.3 Å². The predicted octanol–water partition coefficient (Wildman–Crippen LogP) is 1.13. The van der Waals surface area contributed by atoms with E-state index in [1.54, 1.807) is 0 Å². The third-order valence-electron chi connectivity index (χ3n) is 1.19. The molecule has 8 heavy (non-hydrogen) atoms. The molecule has 0 amide bonds. The van der Waals surface area contributed by atoms with Crippen LogP contribution in [0.15, 0.2) is 10.3 Å². The van der Waals surface area contributed by atoms with Crippen LogP contribution >= 0.6 is 0 Å². The molecule has 0 saturated carbocycles. The van der Waals surface area contributed by atoms with Gasteiger partial charge >= 0.3 is 0 Å². The molecule has 0 fully saturated rings. The molecule has 0 saturated heterocycles. The molecule has 0 atom stereocenters. The summed E-state index contributed by atoms with van der Waals surface area (Å²) < 4.78 is 0. The maximum atomic E-state index is 3.84. The van der Waals surface area contributed by atoms with Crippen molar-refractivity contribution in [2.75, 3.05) is 13.1 Å². The van der Waals surface area contributed by atoms with E-state index in [2.05, 4.69) is 15.8 Å². The minimum absolute atomic E-state index is 0.896. The molecular weight excluding hydrogens is 102 g/mol. The lowest BCUT2D eigenvalue weighted by Gasteiger charge is -2.01. The van der Waals surface area contributed by atoms with Gasteiger partial charge in [0.05, 0.1) is 6.54 Å². The Labute approximate surface area is 49.2 Å². The van der Waals surface area contributed by atoms with Crippen molar-refractivity contribution in [3.8, 4) is 0 Å². The van der Waals surface area contributed by atoms with Crippen molar-refractivity contribution < 1.29 is 0 Å². The maximum absolute atomic E-state index is 3.84. The van der Waals surface area contributed by atoms with Gasteiger partial charge in [0.25, 0.3) is 0 Å². The summed E-state index contributed by atoms with van der Waals surface area (Å²) in [5.41, 5.74) is 2.85. The van der Waals surface area contributed by atoms with Gasteiger partial charge in [-0.1, -0.05) is 5.22 Å². The number of hydrogen-bond acceptors (Lipinski definition) is 3. The first-order chi connectivity index (χ1) is 4.00. The van der Waals surface area contributed by atoms with Crippen molar-refractivity contribution in [2.45, 2.75) is 19.3 Å². The van der Waals surface area contributed by atoms with Gasteiger partial charge < -0.3 is 0 Å². The quantitative estimate of drug-likeness (QED) is 0.502. The van der Waals surface area contributed by atoms with Crippen molar-refractivity contribution in [1.82, 2.24) is 5.43 Å². The van der Waals surface area contributed by atoms with Gasteiger partial charge in [0.2, 0.25) is 0 Å². The molecule has 0 aromatic rings. The molecule has 1 aliphatic heterocycles. The van der Waals surface area contributed by atoms with E-state index in [-0.39, 0.29) is 0 Å². The molecule has 1 aliphatic rings. The Hall–Kier alpha value is -0.600. The van der Waals surface area contributed by atoms with Crippen LogP contribution in [0.4, 0.5) is 0 Å². The second kappa shape index (κ2) is 3.41. The van der Waals surface area contributed by atoms with E-state index >= 15 is 0 Å². The van der Waals surface area contributed by atoms with Gasteiger partial charge in [0.15, 0.2) is 0 Å². The summed E-state index contributed by atoms with van der Waals surface area (Å²) >= 11 is 0. The van der Waals surface area contributed by atoms with E-state index in [1.165, 1.54) is 19.3 Å². The average molecular weight is 113 g/mol. The average Bonchev–Trinajstić information content (AvgIpc) is 1.62. The standard InChI is InChI=1S/C5H11N3/c1-2-4-6-8-7-5-3-1/h1-5H2,(H,6,7). The lowest BCUT2D eigenvalue weighted by Crippen LogP contribution is -2.08. The summed E-state index contributed by atoms with van der Waals surface area (Å²) in [6.07, 6.45) is 3.72. The zero-order valence-corrected chi connectivity index (χ0v) is 4.93. The second-order valence-corrected chi connectivity index (χ2v) is 1.93. The first-order valence-electron chi connectivity index (χ1n) is 3.09. The van der Waals surface area contributed by atoms with Crippen molar-refractivity contribution in [1.29, 1.82) is 0 Å². The van der Waals surface area contributed by atoms with E-state index in [9.17, 15) is 0 Å². The zero-order valence-electron chi connectivity index (χ0n) is 4.93. The Balaban J connectivity index is 2.17. The van der Waals surface area contributed by atoms with Gasteiger partial charge in [-0.15, -0.1) is 0 Å². The highest BCUT2D eigenvalue weighted by molar-refractivity contribution is 4.48. The highest BCUT2D eigenvalue weighted by Gasteiger charge is 1.90. The molecule has 1 N–H and O–H groups in total. The maximum Gasteiger partial charge on any atom is 0.0620 e. The first kappa shape index (κ1) is 5.54. The third kappa shape index (κ3) is 1.91. The molecule has 0 spiro atoms. The SMILES string of the molecule is C1CC/N=N\NCC1. The molecule has 46 valence electrons. The fourth-order valence-electron chi connectivity index (χ4n) is 0.713. The normalized spacial score (nSPS) is 25.0. The predicted molar refractivity (Wildman–Crippen MR) is 31.6 cm³/mol. The summed E-state index contributed by atoms with van der Waals surface area (Å²) in [6.45, 7) is 1.89. The van der Waals surface area contributed by atoms with Crippen molar-refractivity contribution >= 4 is 0 Å². The third-order valence-corrected chi connectivity index (χ3v) is 1.19. The minimum atomic E-state index is 0.896. The van der Waals surface area contributed by atoms with Crippen LogP contribution in [0.5, 0.6) is 0 Å². The molecule has 0 aromatic carbocycles. The number of hydrogen-bond donors (Lipinski definition) is 1. The van der Waals surface area contributed by atoms with E-state index < -0.39 is 0 Å². The van der Waals surface area contributed by atoms with Crippen LogP contribution in [-0.4, -0.2) is 13.1 Å². The topological polar surface area (TPSA) is 36.8 Å². The van der Waals surface area contributed by atoms with Gasteiger partial charge in [0.1, 0.15) is 0 Å². The van der Waals surface area contributed by atoms with Gasteiger partial charge in [-0.25, -0.2) is 0 Å². The van der Waals surface area contributed by atoms with E-state index in [0.29, 0.717) is 0 Å². The fourth-order valence-corrected chi connectivity index (χ4v) is 0.713. The zero-order chi connectivity index (χ0) is 5.66. The summed E-state index contributed by atoms with van der Waals surface area (Å²) in [7, 11) is 0. The van der Waals surface area contributed by atoms with Crippen LogP contribution in [-0.2, 0) is 0 Å². The van der Waals surface area contributed by atoms with E-state index in [4.69, 9.17) is 0 Å². The van der Waals surface area contributed by atoms with Crippen LogP contribution in [0.1, 0.15) is 19.3 Å². The Morgan fingerprint density at radius 2 is 2.12 bits per heavy atom. The van der Waals surface area contributed by atoms with E-state index in [0.717, 1.165) is 13.1 Å². The Morgan fingerprint density at radius 1 is 1.12 bits per heavy atom.